The number of fused-ring (bicyclic) bond motifs is 1. The molecule has 0 N–H and O–H groups in total. The fraction of sp³-hybridized carbons (Fsp3) is 0.455. The molecule has 9 heteroatoms. The monoisotopic (exact) mass is 509 g/mol. The van der Waals surface area contributed by atoms with Crippen molar-refractivity contribution < 1.29 is 28.7 Å². The molecule has 1 amide bonds. The van der Waals surface area contributed by atoms with Crippen molar-refractivity contribution in [3.63, 3.8) is 0 Å². The van der Waals surface area contributed by atoms with Gasteiger partial charge in [0.25, 0.3) is 0 Å². The van der Waals surface area contributed by atoms with Crippen molar-refractivity contribution in [2.75, 3.05) is 19.5 Å². The molecule has 1 aromatic rings. The molecule has 0 aromatic heterocycles. The zero-order valence-corrected chi connectivity index (χ0v) is 19.7. The number of carbonyl (C=O) groups excluding carboxylic acids is 4. The Morgan fingerprint density at radius 3 is 2.61 bits per heavy atom. The molecule has 2 aliphatic heterocycles. The third-order valence-electron chi connectivity index (χ3n) is 5.50. The lowest BCUT2D eigenvalue weighted by Gasteiger charge is -2.44. The molecule has 0 aliphatic carbocycles. The Labute approximate surface area is 193 Å². The van der Waals surface area contributed by atoms with Gasteiger partial charge in [-0.1, -0.05) is 41.1 Å². The first-order valence-corrected chi connectivity index (χ1v) is 11.8. The molecule has 0 spiro atoms. The van der Waals surface area contributed by atoms with Gasteiger partial charge >= 0.3 is 11.9 Å². The Kier molecular flexibility index (Phi) is 7.94. The van der Waals surface area contributed by atoms with Crippen molar-refractivity contribution in [1.29, 1.82) is 0 Å². The van der Waals surface area contributed by atoms with Gasteiger partial charge in [-0.25, -0.2) is 9.59 Å². The lowest BCUT2D eigenvalue weighted by molar-refractivity contribution is -0.165. The molecular weight excluding hydrogens is 486 g/mol. The summed E-state index contributed by atoms with van der Waals surface area (Å²) in [4.78, 5) is 50.7. The molecule has 3 rings (SSSR count). The third-order valence-corrected chi connectivity index (χ3v) is 7.24. The van der Waals surface area contributed by atoms with E-state index in [1.54, 1.807) is 47.0 Å². The molecule has 2 aliphatic rings. The summed E-state index contributed by atoms with van der Waals surface area (Å²) in [5, 5.41) is -0.0798. The molecule has 2 fully saturated rings. The predicted molar refractivity (Wildman–Crippen MR) is 120 cm³/mol. The second-order valence-electron chi connectivity index (χ2n) is 7.29. The number of benzene rings is 1. The maximum Gasteiger partial charge on any atom is 0.330 e. The first kappa shape index (κ1) is 23.5. The SMILES string of the molecule is CCSC1CC2C(C/C=C/C(=O)OC)C(=O)N2C1C(=O)OCC(=O)c1ccc(Br)cc1. The smallest absolute Gasteiger partial charge is 0.330 e. The van der Waals surface area contributed by atoms with E-state index in [4.69, 9.17) is 4.74 Å². The maximum atomic E-state index is 12.8. The number of halogens is 1. The fourth-order valence-electron chi connectivity index (χ4n) is 4.02. The minimum Gasteiger partial charge on any atom is -0.466 e. The molecule has 0 radical (unpaired) electrons. The molecule has 7 nitrogen and oxygen atoms in total. The minimum absolute atomic E-state index is 0.0708. The van der Waals surface area contributed by atoms with E-state index in [0.717, 1.165) is 10.2 Å². The van der Waals surface area contributed by atoms with E-state index in [9.17, 15) is 19.2 Å². The number of hydrogen-bond donors (Lipinski definition) is 0. The second-order valence-corrected chi connectivity index (χ2v) is 9.72. The van der Waals surface area contributed by atoms with Crippen LogP contribution in [0.4, 0.5) is 0 Å². The van der Waals surface area contributed by atoms with Crippen LogP contribution in [-0.4, -0.2) is 65.3 Å². The molecule has 4 unspecified atom stereocenters. The van der Waals surface area contributed by atoms with Crippen molar-refractivity contribution >= 4 is 51.3 Å². The largest absolute Gasteiger partial charge is 0.466 e. The molecule has 166 valence electrons. The summed E-state index contributed by atoms with van der Waals surface area (Å²) in [6.07, 6.45) is 4.04. The highest BCUT2D eigenvalue weighted by Crippen LogP contribution is 2.45. The van der Waals surface area contributed by atoms with Crippen LogP contribution in [0.3, 0.4) is 0 Å². The first-order valence-electron chi connectivity index (χ1n) is 10.0. The number of allylic oxidation sites excluding steroid dienone is 1. The second kappa shape index (κ2) is 10.5. The molecule has 1 aromatic carbocycles. The predicted octanol–water partition coefficient (Wildman–Crippen LogP) is 3.02. The zero-order chi connectivity index (χ0) is 22.5. The number of carbonyl (C=O) groups is 4. The summed E-state index contributed by atoms with van der Waals surface area (Å²) in [6.45, 7) is 1.64. The quantitative estimate of drug-likeness (QED) is 0.218. The van der Waals surface area contributed by atoms with Crippen LogP contribution in [-0.2, 0) is 23.9 Å². The van der Waals surface area contributed by atoms with E-state index in [1.807, 2.05) is 6.92 Å². The standard InChI is InChI=1S/C22H24BrNO6S/c1-3-31-18-11-16-15(5-4-6-19(26)29-2)21(27)24(16)20(18)22(28)30-12-17(25)13-7-9-14(23)10-8-13/h4,6-10,15-16,18,20H,3,5,11-12H2,1-2H3/b6-4+. The summed E-state index contributed by atoms with van der Waals surface area (Å²) in [6, 6.07) is 6.05. The summed E-state index contributed by atoms with van der Waals surface area (Å²) in [5.74, 6) is -0.894. The summed E-state index contributed by atoms with van der Waals surface area (Å²) >= 11 is 4.93. The van der Waals surface area contributed by atoms with Crippen molar-refractivity contribution in [2.45, 2.75) is 37.1 Å². The number of ketones is 1. The minimum atomic E-state index is -0.694. The van der Waals surface area contributed by atoms with Crippen LogP contribution in [0.1, 0.15) is 30.1 Å². The van der Waals surface area contributed by atoms with E-state index >= 15 is 0 Å². The van der Waals surface area contributed by atoms with Crippen LogP contribution in [0.15, 0.2) is 40.9 Å². The van der Waals surface area contributed by atoms with Gasteiger partial charge in [-0.15, -0.1) is 0 Å². The maximum absolute atomic E-state index is 12.8. The summed E-state index contributed by atoms with van der Waals surface area (Å²) < 4.78 is 10.7. The number of amides is 1. The number of ether oxygens (including phenoxy) is 2. The fourth-order valence-corrected chi connectivity index (χ4v) is 5.47. The van der Waals surface area contributed by atoms with Gasteiger partial charge in [0.05, 0.1) is 13.0 Å². The number of β-lactam (4-membered cyclic amide) rings is 1. The molecule has 31 heavy (non-hydrogen) atoms. The van der Waals surface area contributed by atoms with Gasteiger partial charge < -0.3 is 14.4 Å². The Bertz CT molecular complexity index is 886. The third kappa shape index (κ3) is 5.20. The molecule has 0 bridgehead atoms. The van der Waals surface area contributed by atoms with Gasteiger partial charge in [-0.3, -0.25) is 9.59 Å². The van der Waals surface area contributed by atoms with E-state index in [2.05, 4.69) is 20.7 Å². The molecule has 2 heterocycles. The van der Waals surface area contributed by atoms with E-state index in [0.29, 0.717) is 18.4 Å². The van der Waals surface area contributed by atoms with Gasteiger partial charge in [-0.2, -0.15) is 11.8 Å². The molecule has 4 atom stereocenters. The van der Waals surface area contributed by atoms with E-state index in [1.165, 1.54) is 13.2 Å². The van der Waals surface area contributed by atoms with Crippen LogP contribution in [0.5, 0.6) is 0 Å². The van der Waals surface area contributed by atoms with Crippen LogP contribution in [0.25, 0.3) is 0 Å². The highest BCUT2D eigenvalue weighted by atomic mass is 79.9. The Hall–Kier alpha value is -2.13. The number of Topliss-reactive ketones (excluding diaryl/α,β-unsaturated/α-hetero) is 1. The Morgan fingerprint density at radius 1 is 1.26 bits per heavy atom. The average molecular weight is 510 g/mol. The topological polar surface area (TPSA) is 90.0 Å². The Morgan fingerprint density at radius 2 is 1.97 bits per heavy atom. The lowest BCUT2D eigenvalue weighted by atomic mass is 9.85. The van der Waals surface area contributed by atoms with Crippen molar-refractivity contribution in [2.24, 2.45) is 5.92 Å². The normalized spacial score (nSPS) is 24.6. The molecular formula is C22H24BrNO6S. The first-order chi connectivity index (χ1) is 14.9. The van der Waals surface area contributed by atoms with Gasteiger partial charge in [0.1, 0.15) is 6.04 Å². The average Bonchev–Trinajstić information content (AvgIpc) is 3.10. The summed E-state index contributed by atoms with van der Waals surface area (Å²) in [5.41, 5.74) is 0.456. The number of thioether (sulfide) groups is 1. The number of nitrogens with zero attached hydrogens (tertiary/aromatic N) is 1. The number of rotatable bonds is 9. The van der Waals surface area contributed by atoms with Gasteiger partial charge in [0.2, 0.25) is 5.91 Å². The lowest BCUT2D eigenvalue weighted by Crippen LogP contribution is -2.62. The molecule has 2 saturated heterocycles. The van der Waals surface area contributed by atoms with E-state index < -0.39 is 18.0 Å². The highest BCUT2D eigenvalue weighted by Gasteiger charge is 2.59. The molecule has 0 saturated carbocycles. The van der Waals surface area contributed by atoms with Gasteiger partial charge in [0.15, 0.2) is 12.4 Å². The van der Waals surface area contributed by atoms with Gasteiger partial charge in [0, 0.05) is 27.4 Å². The Balaban J connectivity index is 1.62. The number of esters is 2. The van der Waals surface area contributed by atoms with Crippen molar-refractivity contribution in [3.8, 4) is 0 Å². The van der Waals surface area contributed by atoms with Crippen LogP contribution < -0.4 is 0 Å². The van der Waals surface area contributed by atoms with Crippen LogP contribution >= 0.6 is 27.7 Å². The number of methoxy groups -OCH3 is 1. The zero-order valence-electron chi connectivity index (χ0n) is 17.3. The summed E-state index contributed by atoms with van der Waals surface area (Å²) in [7, 11) is 1.30. The van der Waals surface area contributed by atoms with Crippen molar-refractivity contribution in [1.82, 2.24) is 4.90 Å². The number of hydrogen-bond acceptors (Lipinski definition) is 7. The van der Waals surface area contributed by atoms with E-state index in [-0.39, 0.29) is 35.5 Å². The van der Waals surface area contributed by atoms with Gasteiger partial charge in [-0.05, 0) is 30.7 Å². The van der Waals surface area contributed by atoms with Crippen LogP contribution in [0.2, 0.25) is 0 Å². The van der Waals surface area contributed by atoms with Crippen LogP contribution in [0, 0.1) is 5.92 Å². The highest BCUT2D eigenvalue weighted by molar-refractivity contribution is 9.10. The van der Waals surface area contributed by atoms with Crippen molar-refractivity contribution in [3.05, 3.63) is 46.5 Å².